The second kappa shape index (κ2) is 6.19. The first-order valence-electron chi connectivity index (χ1n) is 5.61. The molecule has 0 aromatic rings. The van der Waals surface area contributed by atoms with Gasteiger partial charge >= 0.3 is 0 Å². The molecule has 0 aromatic heterocycles. The zero-order valence-electron chi connectivity index (χ0n) is 9.86. The van der Waals surface area contributed by atoms with E-state index in [2.05, 4.69) is 4.90 Å². The lowest BCUT2D eigenvalue weighted by Gasteiger charge is -2.35. The van der Waals surface area contributed by atoms with Crippen molar-refractivity contribution in [1.82, 2.24) is 4.90 Å². The summed E-state index contributed by atoms with van der Waals surface area (Å²) in [5, 5.41) is 0. The highest BCUT2D eigenvalue weighted by molar-refractivity contribution is 7.91. The first-order chi connectivity index (χ1) is 7.46. The zero-order valence-corrected chi connectivity index (χ0v) is 11.4. The summed E-state index contributed by atoms with van der Waals surface area (Å²) in [5.41, 5.74) is 0. The zero-order chi connectivity index (χ0) is 12.2. The maximum Gasteiger partial charge on any atom is 0.151 e. The Balaban J connectivity index is 2.42. The predicted molar refractivity (Wildman–Crippen MR) is 65.8 cm³/mol. The van der Waals surface area contributed by atoms with Crippen LogP contribution in [0.4, 0.5) is 0 Å². The van der Waals surface area contributed by atoms with Gasteiger partial charge < -0.3 is 4.74 Å². The van der Waals surface area contributed by atoms with E-state index in [0.29, 0.717) is 12.4 Å². The number of morpholine rings is 1. The molecule has 0 aromatic carbocycles. The molecular weight excluding hydrogens is 250 g/mol. The Morgan fingerprint density at radius 3 is 2.69 bits per heavy atom. The smallest absolute Gasteiger partial charge is 0.151 e. The van der Waals surface area contributed by atoms with Gasteiger partial charge in [0.15, 0.2) is 9.84 Å². The van der Waals surface area contributed by atoms with E-state index in [0.717, 1.165) is 13.1 Å². The van der Waals surface area contributed by atoms with Gasteiger partial charge in [-0.2, -0.15) is 0 Å². The number of alkyl halides is 1. The summed E-state index contributed by atoms with van der Waals surface area (Å²) in [6.07, 6.45) is 0.150. The van der Waals surface area contributed by atoms with Crippen LogP contribution in [0.2, 0.25) is 0 Å². The van der Waals surface area contributed by atoms with Gasteiger partial charge in [0, 0.05) is 31.3 Å². The van der Waals surface area contributed by atoms with E-state index in [1.54, 1.807) is 6.92 Å². The van der Waals surface area contributed by atoms with Gasteiger partial charge in [-0.25, -0.2) is 8.42 Å². The number of hydrogen-bond donors (Lipinski definition) is 0. The Labute approximate surface area is 103 Å². The summed E-state index contributed by atoms with van der Waals surface area (Å²) >= 11 is 5.76. The van der Waals surface area contributed by atoms with Gasteiger partial charge in [-0.15, -0.1) is 11.6 Å². The molecule has 6 heteroatoms. The van der Waals surface area contributed by atoms with Crippen molar-refractivity contribution >= 4 is 21.4 Å². The Bertz CT molecular complexity index is 307. The Hall–Kier alpha value is 0.160. The molecule has 1 aliphatic rings. The van der Waals surface area contributed by atoms with Crippen molar-refractivity contribution in [1.29, 1.82) is 0 Å². The molecule has 0 radical (unpaired) electrons. The molecule has 0 saturated carbocycles. The Morgan fingerprint density at radius 2 is 2.12 bits per heavy atom. The van der Waals surface area contributed by atoms with Gasteiger partial charge in [0.25, 0.3) is 0 Å². The van der Waals surface area contributed by atoms with Crippen molar-refractivity contribution < 1.29 is 13.2 Å². The highest BCUT2D eigenvalue weighted by Crippen LogP contribution is 2.12. The average Bonchev–Trinajstić information content (AvgIpc) is 2.26. The summed E-state index contributed by atoms with van der Waals surface area (Å²) in [4.78, 5) is 2.12. The average molecular weight is 270 g/mol. The molecule has 0 amide bonds. The molecule has 1 fully saturated rings. The molecule has 0 spiro atoms. The minimum Gasteiger partial charge on any atom is -0.371 e. The van der Waals surface area contributed by atoms with Crippen molar-refractivity contribution in [3.63, 3.8) is 0 Å². The molecule has 0 N–H and O–H groups in total. The lowest BCUT2D eigenvalue weighted by Crippen LogP contribution is -2.48. The predicted octanol–water partition coefficient (Wildman–Crippen LogP) is 0.749. The number of rotatable bonds is 5. The van der Waals surface area contributed by atoms with Crippen LogP contribution in [-0.2, 0) is 14.6 Å². The van der Waals surface area contributed by atoms with Gasteiger partial charge in [-0.1, -0.05) is 6.92 Å². The van der Waals surface area contributed by atoms with E-state index in [-0.39, 0.29) is 23.7 Å². The van der Waals surface area contributed by atoms with Crippen LogP contribution in [0, 0.1) is 0 Å². The maximum absolute atomic E-state index is 11.4. The fourth-order valence-corrected chi connectivity index (χ4v) is 2.82. The van der Waals surface area contributed by atoms with Crippen LogP contribution in [0.15, 0.2) is 0 Å². The largest absolute Gasteiger partial charge is 0.371 e. The van der Waals surface area contributed by atoms with Crippen LogP contribution in [-0.4, -0.2) is 62.5 Å². The summed E-state index contributed by atoms with van der Waals surface area (Å²) < 4.78 is 28.4. The third kappa shape index (κ3) is 4.57. The van der Waals surface area contributed by atoms with E-state index in [1.165, 1.54) is 0 Å². The molecular formula is C10H20ClNO3S. The minimum atomic E-state index is -2.88. The van der Waals surface area contributed by atoms with Gasteiger partial charge in [0.2, 0.25) is 0 Å². The van der Waals surface area contributed by atoms with Crippen molar-refractivity contribution in [3.8, 4) is 0 Å². The first-order valence-corrected chi connectivity index (χ1v) is 7.96. The Morgan fingerprint density at radius 1 is 1.44 bits per heavy atom. The second-order valence-electron chi connectivity index (χ2n) is 4.22. The summed E-state index contributed by atoms with van der Waals surface area (Å²) in [7, 11) is -2.88. The van der Waals surface area contributed by atoms with Gasteiger partial charge in [-0.3, -0.25) is 4.90 Å². The molecule has 1 rings (SSSR count). The van der Waals surface area contributed by atoms with Gasteiger partial charge in [-0.05, 0) is 6.92 Å². The van der Waals surface area contributed by atoms with Crippen molar-refractivity contribution in [3.05, 3.63) is 0 Å². The molecule has 1 saturated heterocycles. The van der Waals surface area contributed by atoms with E-state index in [1.807, 2.05) is 6.92 Å². The third-order valence-corrected chi connectivity index (χ3v) is 4.76. The molecule has 2 atom stereocenters. The second-order valence-corrected chi connectivity index (χ2v) is 7.00. The Kier molecular flexibility index (Phi) is 5.50. The van der Waals surface area contributed by atoms with Crippen molar-refractivity contribution in [2.75, 3.05) is 37.0 Å². The van der Waals surface area contributed by atoms with Crippen LogP contribution < -0.4 is 0 Å². The van der Waals surface area contributed by atoms with Crippen LogP contribution in [0.25, 0.3) is 0 Å². The number of halogens is 1. The maximum atomic E-state index is 11.4. The van der Waals surface area contributed by atoms with E-state index >= 15 is 0 Å². The molecule has 2 unspecified atom stereocenters. The standard InChI is InChI=1S/C10H20ClNO3S/c1-3-16(13,14)5-4-12-7-9(2)15-10(6-11)8-12/h9-10H,3-8H2,1-2H3. The van der Waals surface area contributed by atoms with Gasteiger partial charge in [0.1, 0.15) is 0 Å². The molecule has 0 bridgehead atoms. The number of ether oxygens (including phenoxy) is 1. The fourth-order valence-electron chi connectivity index (χ4n) is 1.82. The highest BCUT2D eigenvalue weighted by atomic mass is 35.5. The van der Waals surface area contributed by atoms with Crippen molar-refractivity contribution in [2.24, 2.45) is 0 Å². The summed E-state index contributed by atoms with van der Waals surface area (Å²) in [6, 6.07) is 0. The quantitative estimate of drug-likeness (QED) is 0.691. The van der Waals surface area contributed by atoms with Crippen LogP contribution in [0.3, 0.4) is 0 Å². The van der Waals surface area contributed by atoms with Crippen LogP contribution in [0.5, 0.6) is 0 Å². The van der Waals surface area contributed by atoms with E-state index in [9.17, 15) is 8.42 Å². The molecule has 16 heavy (non-hydrogen) atoms. The molecule has 0 aliphatic carbocycles. The summed E-state index contributed by atoms with van der Waals surface area (Å²) in [6.45, 7) is 5.76. The lowest BCUT2D eigenvalue weighted by atomic mass is 10.2. The number of hydrogen-bond acceptors (Lipinski definition) is 4. The minimum absolute atomic E-state index is 0.0229. The topological polar surface area (TPSA) is 46.6 Å². The molecule has 96 valence electrons. The van der Waals surface area contributed by atoms with E-state index < -0.39 is 9.84 Å². The SMILES string of the molecule is CCS(=O)(=O)CCN1CC(C)OC(CCl)C1. The van der Waals surface area contributed by atoms with E-state index in [4.69, 9.17) is 16.3 Å². The fraction of sp³-hybridized carbons (Fsp3) is 1.00. The van der Waals surface area contributed by atoms with Crippen LogP contribution in [0.1, 0.15) is 13.8 Å². The first kappa shape index (κ1) is 14.2. The monoisotopic (exact) mass is 269 g/mol. The highest BCUT2D eigenvalue weighted by Gasteiger charge is 2.25. The molecule has 1 heterocycles. The third-order valence-electron chi connectivity index (χ3n) is 2.73. The van der Waals surface area contributed by atoms with Crippen molar-refractivity contribution in [2.45, 2.75) is 26.1 Å². The lowest BCUT2D eigenvalue weighted by molar-refractivity contribution is -0.0645. The summed E-state index contributed by atoms with van der Waals surface area (Å²) in [5.74, 6) is 0.901. The number of sulfone groups is 1. The number of nitrogens with zero attached hydrogens (tertiary/aromatic N) is 1. The molecule has 4 nitrogen and oxygen atoms in total. The normalized spacial score (nSPS) is 28.2. The van der Waals surface area contributed by atoms with Crippen LogP contribution >= 0.6 is 11.6 Å². The molecule has 1 aliphatic heterocycles. The van der Waals surface area contributed by atoms with Gasteiger partial charge in [0.05, 0.1) is 18.0 Å².